The second kappa shape index (κ2) is 6.23. The highest BCUT2D eigenvalue weighted by Crippen LogP contribution is 2.53. The van der Waals surface area contributed by atoms with Gasteiger partial charge in [-0.05, 0) is 66.2 Å². The Morgan fingerprint density at radius 3 is 2.40 bits per heavy atom. The van der Waals surface area contributed by atoms with Crippen molar-refractivity contribution in [3.63, 3.8) is 0 Å². The van der Waals surface area contributed by atoms with Crippen molar-refractivity contribution in [2.45, 2.75) is 70.4 Å². The van der Waals surface area contributed by atoms with Crippen molar-refractivity contribution in [3.8, 4) is 0 Å². The average Bonchev–Trinajstić information content (AvgIpc) is 3.25. The normalized spacial score (nSPS) is 34.3. The topological polar surface area (TPSA) is 58.9 Å². The standard InChI is InChI=1S/C21H26B2BrNO5/c1-18(2)20(5)12-14(17(26)25-11-10-13-15(24)8-7-9-16(13)25)21(6)19(3,4)28-23(30-21)22(27-18)29-20/h7-11,14H,12H2,1-6H3. The van der Waals surface area contributed by atoms with Crippen LogP contribution in [0.3, 0.4) is 0 Å². The summed E-state index contributed by atoms with van der Waals surface area (Å²) in [7, 11) is -1.30. The molecule has 3 atom stereocenters. The van der Waals surface area contributed by atoms with Crippen LogP contribution in [0.25, 0.3) is 10.9 Å². The molecule has 3 aliphatic heterocycles. The maximum absolute atomic E-state index is 14.1. The van der Waals surface area contributed by atoms with Crippen LogP contribution in [0.15, 0.2) is 34.9 Å². The zero-order valence-corrected chi connectivity index (χ0v) is 19.8. The van der Waals surface area contributed by atoms with Gasteiger partial charge in [-0.2, -0.15) is 0 Å². The van der Waals surface area contributed by atoms with Crippen molar-refractivity contribution in [1.29, 1.82) is 0 Å². The molecule has 0 amide bonds. The Labute approximate surface area is 186 Å². The highest BCUT2D eigenvalue weighted by molar-refractivity contribution is 9.10. The summed E-state index contributed by atoms with van der Waals surface area (Å²) in [6, 6.07) is 7.83. The summed E-state index contributed by atoms with van der Waals surface area (Å²) in [5.41, 5.74) is -1.92. The number of rotatable bonds is 1. The molecular weight excluding hydrogens is 448 g/mol. The number of halogens is 1. The molecule has 1 aromatic carbocycles. The molecular formula is C21H26B2BrNO5. The third-order valence-electron chi connectivity index (χ3n) is 7.72. The summed E-state index contributed by atoms with van der Waals surface area (Å²) in [4.78, 5) is 14.1. The first-order valence-corrected chi connectivity index (χ1v) is 11.2. The van der Waals surface area contributed by atoms with Crippen LogP contribution in [0.2, 0.25) is 0 Å². The van der Waals surface area contributed by atoms with Crippen molar-refractivity contribution < 1.29 is 23.4 Å². The summed E-state index contributed by atoms with van der Waals surface area (Å²) in [6.07, 6.45) is 2.29. The molecule has 0 N–H and O–H groups in total. The highest BCUT2D eigenvalue weighted by Gasteiger charge is 2.71. The number of benzene rings is 1. The minimum absolute atomic E-state index is 0.0334. The minimum atomic E-state index is -0.843. The summed E-state index contributed by atoms with van der Waals surface area (Å²) >= 11 is 3.58. The van der Waals surface area contributed by atoms with Crippen molar-refractivity contribution in [3.05, 3.63) is 34.9 Å². The lowest BCUT2D eigenvalue weighted by Gasteiger charge is -2.47. The van der Waals surface area contributed by atoms with Crippen molar-refractivity contribution in [1.82, 2.24) is 4.57 Å². The van der Waals surface area contributed by atoms with Crippen molar-refractivity contribution in [2.75, 3.05) is 0 Å². The first-order chi connectivity index (χ1) is 13.9. The van der Waals surface area contributed by atoms with Gasteiger partial charge in [0.25, 0.3) is 0 Å². The van der Waals surface area contributed by atoms with E-state index in [2.05, 4.69) is 15.9 Å². The van der Waals surface area contributed by atoms with Crippen LogP contribution in [0.4, 0.5) is 0 Å². The highest BCUT2D eigenvalue weighted by atomic mass is 79.9. The van der Waals surface area contributed by atoms with Gasteiger partial charge < -0.3 is 18.6 Å². The van der Waals surface area contributed by atoms with E-state index >= 15 is 0 Å². The Kier molecular flexibility index (Phi) is 4.31. The van der Waals surface area contributed by atoms with E-state index in [9.17, 15) is 4.79 Å². The van der Waals surface area contributed by atoms with E-state index in [1.54, 1.807) is 4.57 Å². The quantitative estimate of drug-likeness (QED) is 0.578. The van der Waals surface area contributed by atoms with Crippen molar-refractivity contribution in [2.24, 2.45) is 5.92 Å². The van der Waals surface area contributed by atoms with Crippen LogP contribution in [0.5, 0.6) is 0 Å². The molecule has 0 spiro atoms. The molecule has 3 aliphatic rings. The van der Waals surface area contributed by atoms with E-state index in [0.717, 1.165) is 15.4 Å². The molecule has 9 heteroatoms. The number of fused-ring (bicyclic) bond motifs is 6. The Morgan fingerprint density at radius 2 is 1.67 bits per heavy atom. The van der Waals surface area contributed by atoms with Gasteiger partial charge in [0.15, 0.2) is 0 Å². The van der Waals surface area contributed by atoms with Gasteiger partial charge >= 0.3 is 14.0 Å². The molecule has 1 aromatic heterocycles. The lowest BCUT2D eigenvalue weighted by atomic mass is 9.49. The van der Waals surface area contributed by atoms with Gasteiger partial charge in [0.2, 0.25) is 5.91 Å². The molecule has 5 rings (SSSR count). The van der Waals surface area contributed by atoms with Gasteiger partial charge in [-0.25, -0.2) is 0 Å². The van der Waals surface area contributed by atoms with Gasteiger partial charge in [0.05, 0.1) is 33.8 Å². The van der Waals surface area contributed by atoms with E-state index < -0.39 is 42.3 Å². The molecule has 2 aromatic rings. The van der Waals surface area contributed by atoms with Gasteiger partial charge in [-0.15, -0.1) is 0 Å². The lowest BCUT2D eigenvalue weighted by molar-refractivity contribution is -0.0858. The number of hydrogen-bond acceptors (Lipinski definition) is 5. The average molecular weight is 474 g/mol. The van der Waals surface area contributed by atoms with Crippen LogP contribution in [0.1, 0.15) is 52.8 Å². The first kappa shape index (κ1) is 20.8. The zero-order valence-electron chi connectivity index (χ0n) is 18.2. The zero-order chi connectivity index (χ0) is 21.7. The predicted molar refractivity (Wildman–Crippen MR) is 119 cm³/mol. The number of carbonyl (C=O) groups excluding carboxylic acids is 1. The van der Waals surface area contributed by atoms with Gasteiger partial charge in [0.1, 0.15) is 0 Å². The third-order valence-corrected chi connectivity index (χ3v) is 8.42. The summed E-state index contributed by atoms with van der Waals surface area (Å²) in [5.74, 6) is -0.534. The second-order valence-corrected chi connectivity index (χ2v) is 10.9. The maximum Gasteiger partial charge on any atom is 0.489 e. The number of aromatic nitrogens is 1. The Balaban J connectivity index is 1.66. The molecule has 158 valence electrons. The molecule has 3 fully saturated rings. The summed E-state index contributed by atoms with van der Waals surface area (Å²) in [6.45, 7) is 12.0. The van der Waals surface area contributed by atoms with Crippen molar-refractivity contribution >= 4 is 46.8 Å². The predicted octanol–water partition coefficient (Wildman–Crippen LogP) is 4.29. The fourth-order valence-corrected chi connectivity index (χ4v) is 5.56. The van der Waals surface area contributed by atoms with Crippen LogP contribution in [0, 0.1) is 5.92 Å². The SMILES string of the molecule is CC1(C)OB2OC1(C)CC(C(=O)n1ccc3c(Br)cccc31)C1(C)OB2OC1(C)C. The smallest absolute Gasteiger partial charge is 0.405 e. The Hall–Kier alpha value is -1.12. The number of hydrogen-bond donors (Lipinski definition) is 0. The van der Waals surface area contributed by atoms with E-state index in [0.29, 0.717) is 6.42 Å². The fraction of sp³-hybridized carbons (Fsp3) is 0.571. The molecule has 4 bridgehead atoms. The number of carbonyl (C=O) groups is 1. The van der Waals surface area contributed by atoms with Gasteiger partial charge in [0, 0.05) is 16.1 Å². The Morgan fingerprint density at radius 1 is 1.00 bits per heavy atom. The molecule has 4 heterocycles. The maximum atomic E-state index is 14.1. The van der Waals surface area contributed by atoms with E-state index in [1.165, 1.54) is 0 Å². The molecule has 3 unspecified atom stereocenters. The van der Waals surface area contributed by atoms with E-state index in [1.807, 2.05) is 72.0 Å². The molecule has 0 radical (unpaired) electrons. The van der Waals surface area contributed by atoms with Crippen LogP contribution < -0.4 is 0 Å². The summed E-state index contributed by atoms with van der Waals surface area (Å²) < 4.78 is 27.9. The molecule has 6 nitrogen and oxygen atoms in total. The van der Waals surface area contributed by atoms with E-state index in [-0.39, 0.29) is 5.91 Å². The fourth-order valence-electron chi connectivity index (χ4n) is 5.07. The molecule has 3 saturated heterocycles. The van der Waals surface area contributed by atoms with Crippen LogP contribution in [-0.2, 0) is 18.6 Å². The van der Waals surface area contributed by atoms with Crippen LogP contribution >= 0.6 is 15.9 Å². The van der Waals surface area contributed by atoms with Crippen LogP contribution in [-0.4, -0.2) is 46.9 Å². The molecule has 30 heavy (non-hydrogen) atoms. The third kappa shape index (κ3) is 2.62. The lowest BCUT2D eigenvalue weighted by Crippen LogP contribution is -2.58. The minimum Gasteiger partial charge on any atom is -0.405 e. The number of nitrogens with zero attached hydrogens (tertiary/aromatic N) is 1. The Bertz CT molecular complexity index is 1060. The second-order valence-electron chi connectivity index (χ2n) is 10.0. The molecule has 0 aliphatic carbocycles. The largest absolute Gasteiger partial charge is 0.489 e. The first-order valence-electron chi connectivity index (χ1n) is 10.4. The van der Waals surface area contributed by atoms with Gasteiger partial charge in [-0.1, -0.05) is 22.0 Å². The summed E-state index contributed by atoms with van der Waals surface area (Å²) in [5, 5.41) is 0.995. The van der Waals surface area contributed by atoms with E-state index in [4.69, 9.17) is 18.6 Å². The molecule has 0 saturated carbocycles. The van der Waals surface area contributed by atoms with Gasteiger partial charge in [-0.3, -0.25) is 9.36 Å². The monoisotopic (exact) mass is 473 g/mol.